The van der Waals surface area contributed by atoms with Crippen molar-refractivity contribution in [3.63, 3.8) is 0 Å². The molecule has 1 atom stereocenters. The summed E-state index contributed by atoms with van der Waals surface area (Å²) in [5, 5.41) is 3.01. The Labute approximate surface area is 116 Å². The summed E-state index contributed by atoms with van der Waals surface area (Å²) in [6.45, 7) is 0. The van der Waals surface area contributed by atoms with E-state index < -0.39 is 11.7 Å². The summed E-state index contributed by atoms with van der Waals surface area (Å²) in [5.41, 5.74) is 0.0377. The lowest BCUT2D eigenvalue weighted by Crippen LogP contribution is -2.17. The maximum Gasteiger partial charge on any atom is 0.416 e. The summed E-state index contributed by atoms with van der Waals surface area (Å²) >= 11 is 3.34. The number of alkyl halides is 3. The fraction of sp³-hybridized carbons (Fsp3) is 0.231. The van der Waals surface area contributed by atoms with Gasteiger partial charge in [0.05, 0.1) is 22.3 Å². The Morgan fingerprint density at radius 3 is 2.21 bits per heavy atom. The van der Waals surface area contributed by atoms with E-state index >= 15 is 0 Å². The third kappa shape index (κ3) is 3.01. The SMILES string of the molecule is CNC(c1ccc(C(F)(F)F)cc1)c1occc1Br. The molecular weight excluding hydrogens is 323 g/mol. The number of hydrogen-bond acceptors (Lipinski definition) is 2. The molecule has 0 bridgehead atoms. The Kier molecular flexibility index (Phi) is 4.01. The zero-order valence-electron chi connectivity index (χ0n) is 9.96. The van der Waals surface area contributed by atoms with Gasteiger partial charge in [0.25, 0.3) is 0 Å². The molecule has 0 fully saturated rings. The average molecular weight is 334 g/mol. The number of nitrogens with one attached hydrogen (secondary N) is 1. The minimum atomic E-state index is -4.32. The fourth-order valence-corrected chi connectivity index (χ4v) is 2.26. The zero-order valence-corrected chi connectivity index (χ0v) is 11.5. The molecule has 2 aromatic rings. The van der Waals surface area contributed by atoms with Crippen molar-refractivity contribution < 1.29 is 17.6 Å². The lowest BCUT2D eigenvalue weighted by atomic mass is 10.0. The topological polar surface area (TPSA) is 25.2 Å². The van der Waals surface area contributed by atoms with Gasteiger partial charge in [-0.05, 0) is 46.7 Å². The van der Waals surface area contributed by atoms with Gasteiger partial charge in [0.2, 0.25) is 0 Å². The Morgan fingerprint density at radius 2 is 1.79 bits per heavy atom. The van der Waals surface area contributed by atoms with E-state index in [9.17, 15) is 13.2 Å². The molecule has 2 rings (SSSR count). The molecule has 2 nitrogen and oxygen atoms in total. The van der Waals surface area contributed by atoms with Crippen molar-refractivity contribution in [1.29, 1.82) is 0 Å². The predicted molar refractivity (Wildman–Crippen MR) is 68.8 cm³/mol. The van der Waals surface area contributed by atoms with Crippen molar-refractivity contribution in [2.24, 2.45) is 0 Å². The Bertz CT molecular complexity index is 548. The molecule has 0 aliphatic rings. The molecular formula is C13H11BrF3NO. The average Bonchev–Trinajstić information content (AvgIpc) is 2.76. The van der Waals surface area contributed by atoms with Crippen LogP contribution in [0.2, 0.25) is 0 Å². The first-order valence-corrected chi connectivity index (χ1v) is 6.30. The van der Waals surface area contributed by atoms with Crippen molar-refractivity contribution >= 4 is 15.9 Å². The molecule has 0 saturated heterocycles. The molecule has 0 spiro atoms. The highest BCUT2D eigenvalue weighted by Gasteiger charge is 2.30. The summed E-state index contributed by atoms with van der Waals surface area (Å²) < 4.78 is 43.6. The molecule has 1 aromatic heterocycles. The zero-order chi connectivity index (χ0) is 14.0. The summed E-state index contributed by atoms with van der Waals surface area (Å²) in [7, 11) is 1.72. The Hall–Kier alpha value is -1.27. The number of hydrogen-bond donors (Lipinski definition) is 1. The fourth-order valence-electron chi connectivity index (χ4n) is 1.83. The first-order chi connectivity index (χ1) is 8.93. The standard InChI is InChI=1S/C13H11BrF3NO/c1-18-11(12-10(14)6-7-19-12)8-2-4-9(5-3-8)13(15,16)17/h2-7,11,18H,1H3. The van der Waals surface area contributed by atoms with Crippen LogP contribution >= 0.6 is 15.9 Å². The van der Waals surface area contributed by atoms with Gasteiger partial charge in [-0.3, -0.25) is 0 Å². The summed E-state index contributed by atoms with van der Waals surface area (Å²) in [6, 6.07) is 6.46. The van der Waals surface area contributed by atoms with Crippen LogP contribution in [0, 0.1) is 0 Å². The Balaban J connectivity index is 2.33. The van der Waals surface area contributed by atoms with Crippen molar-refractivity contribution in [2.45, 2.75) is 12.2 Å². The largest absolute Gasteiger partial charge is 0.466 e. The van der Waals surface area contributed by atoms with Gasteiger partial charge in [-0.2, -0.15) is 13.2 Å². The van der Waals surface area contributed by atoms with E-state index in [1.807, 2.05) is 0 Å². The summed E-state index contributed by atoms with van der Waals surface area (Å²) in [6.07, 6.45) is -2.80. The van der Waals surface area contributed by atoms with E-state index in [2.05, 4.69) is 21.2 Å². The highest BCUT2D eigenvalue weighted by Crippen LogP contribution is 2.32. The van der Waals surface area contributed by atoms with Crippen molar-refractivity contribution in [2.75, 3.05) is 7.05 Å². The van der Waals surface area contributed by atoms with Gasteiger partial charge in [-0.1, -0.05) is 12.1 Å². The maximum atomic E-state index is 12.5. The van der Waals surface area contributed by atoms with Crippen LogP contribution in [-0.4, -0.2) is 7.05 Å². The molecule has 0 saturated carbocycles. The lowest BCUT2D eigenvalue weighted by Gasteiger charge is -2.16. The third-order valence-corrected chi connectivity index (χ3v) is 3.42. The highest BCUT2D eigenvalue weighted by molar-refractivity contribution is 9.10. The summed E-state index contributed by atoms with van der Waals surface area (Å²) in [5.74, 6) is 0.627. The highest BCUT2D eigenvalue weighted by atomic mass is 79.9. The number of benzene rings is 1. The first kappa shape index (κ1) is 14.1. The van der Waals surface area contributed by atoms with Crippen LogP contribution < -0.4 is 5.32 Å². The number of rotatable bonds is 3. The molecule has 0 aliphatic heterocycles. The van der Waals surface area contributed by atoms with Gasteiger partial charge in [0, 0.05) is 0 Å². The van der Waals surface area contributed by atoms with E-state index in [1.54, 1.807) is 13.1 Å². The molecule has 0 aliphatic carbocycles. The minimum Gasteiger partial charge on any atom is -0.466 e. The summed E-state index contributed by atoms with van der Waals surface area (Å²) in [4.78, 5) is 0. The molecule has 6 heteroatoms. The second-order valence-electron chi connectivity index (χ2n) is 3.97. The second-order valence-corrected chi connectivity index (χ2v) is 4.83. The van der Waals surface area contributed by atoms with Crippen LogP contribution in [0.4, 0.5) is 13.2 Å². The third-order valence-electron chi connectivity index (χ3n) is 2.77. The first-order valence-electron chi connectivity index (χ1n) is 5.51. The molecule has 1 unspecified atom stereocenters. The number of halogens is 4. The van der Waals surface area contributed by atoms with Gasteiger partial charge >= 0.3 is 6.18 Å². The van der Waals surface area contributed by atoms with Crippen LogP contribution in [0.3, 0.4) is 0 Å². The molecule has 1 aromatic carbocycles. The maximum absolute atomic E-state index is 12.5. The van der Waals surface area contributed by atoms with E-state index in [0.717, 1.165) is 16.6 Å². The monoisotopic (exact) mass is 333 g/mol. The minimum absolute atomic E-state index is 0.299. The van der Waals surface area contributed by atoms with Gasteiger partial charge in [-0.25, -0.2) is 0 Å². The van der Waals surface area contributed by atoms with Gasteiger partial charge < -0.3 is 9.73 Å². The molecule has 1 heterocycles. The lowest BCUT2D eigenvalue weighted by molar-refractivity contribution is -0.137. The molecule has 19 heavy (non-hydrogen) atoms. The van der Waals surface area contributed by atoms with Crippen LogP contribution in [0.5, 0.6) is 0 Å². The van der Waals surface area contributed by atoms with E-state index in [1.165, 1.54) is 18.4 Å². The Morgan fingerprint density at radius 1 is 1.16 bits per heavy atom. The van der Waals surface area contributed by atoms with E-state index in [4.69, 9.17) is 4.42 Å². The van der Waals surface area contributed by atoms with E-state index in [-0.39, 0.29) is 6.04 Å². The molecule has 0 amide bonds. The van der Waals surface area contributed by atoms with Crippen molar-refractivity contribution in [3.05, 3.63) is 58.0 Å². The smallest absolute Gasteiger partial charge is 0.416 e. The van der Waals surface area contributed by atoms with Crippen LogP contribution in [0.15, 0.2) is 45.5 Å². The van der Waals surface area contributed by atoms with Gasteiger partial charge in [0.1, 0.15) is 5.76 Å². The van der Waals surface area contributed by atoms with Crippen LogP contribution in [0.25, 0.3) is 0 Å². The predicted octanol–water partition coefficient (Wildman–Crippen LogP) is 4.37. The van der Waals surface area contributed by atoms with Crippen molar-refractivity contribution in [3.8, 4) is 0 Å². The van der Waals surface area contributed by atoms with Crippen LogP contribution in [-0.2, 0) is 6.18 Å². The van der Waals surface area contributed by atoms with Gasteiger partial charge in [-0.15, -0.1) is 0 Å². The molecule has 0 radical (unpaired) electrons. The normalized spacial score (nSPS) is 13.5. The van der Waals surface area contributed by atoms with Crippen molar-refractivity contribution in [1.82, 2.24) is 5.32 Å². The number of furan rings is 1. The molecule has 102 valence electrons. The van der Waals surface area contributed by atoms with Gasteiger partial charge in [0.15, 0.2) is 0 Å². The van der Waals surface area contributed by atoms with E-state index in [0.29, 0.717) is 11.3 Å². The quantitative estimate of drug-likeness (QED) is 0.902. The second kappa shape index (κ2) is 5.38. The van der Waals surface area contributed by atoms with Crippen LogP contribution in [0.1, 0.15) is 22.9 Å². The molecule has 1 N–H and O–H groups in total.